The SMILES string of the molecule is CC(OC(=O)c1nn(-c2ccccc2)c2c1CCC2)C(=O)N1CCOCC1. The predicted molar refractivity (Wildman–Crippen MR) is 97.9 cm³/mol. The normalized spacial score (nSPS) is 17.4. The van der Waals surface area contributed by atoms with Crippen molar-refractivity contribution in [1.82, 2.24) is 14.7 Å². The van der Waals surface area contributed by atoms with Gasteiger partial charge in [0, 0.05) is 24.3 Å². The molecule has 2 aromatic rings. The van der Waals surface area contributed by atoms with Crippen LogP contribution in [0.1, 0.15) is 35.1 Å². The molecule has 0 bridgehead atoms. The van der Waals surface area contributed by atoms with Crippen LogP contribution < -0.4 is 0 Å². The highest BCUT2D eigenvalue weighted by molar-refractivity contribution is 5.92. The van der Waals surface area contributed by atoms with Gasteiger partial charge >= 0.3 is 5.97 Å². The average Bonchev–Trinajstić information content (AvgIpc) is 3.31. The highest BCUT2D eigenvalue weighted by Gasteiger charge is 2.31. The fourth-order valence-corrected chi connectivity index (χ4v) is 3.69. The molecule has 1 aromatic heterocycles. The standard InChI is InChI=1S/C20H23N3O4/c1-14(19(24)22-10-12-26-13-11-22)27-20(25)18-16-8-5-9-17(16)23(21-18)15-6-3-2-4-7-15/h2-4,6-7,14H,5,8-13H2,1H3. The Labute approximate surface area is 157 Å². The summed E-state index contributed by atoms with van der Waals surface area (Å²) in [6, 6.07) is 9.76. The molecule has 1 fully saturated rings. The summed E-state index contributed by atoms with van der Waals surface area (Å²) in [5, 5.41) is 4.52. The van der Waals surface area contributed by atoms with Crippen LogP contribution in [0.5, 0.6) is 0 Å². The number of amides is 1. The van der Waals surface area contributed by atoms with Gasteiger partial charge in [0.25, 0.3) is 5.91 Å². The molecule has 1 aliphatic carbocycles. The number of nitrogens with zero attached hydrogens (tertiary/aromatic N) is 3. The van der Waals surface area contributed by atoms with E-state index in [-0.39, 0.29) is 5.91 Å². The molecule has 2 heterocycles. The summed E-state index contributed by atoms with van der Waals surface area (Å²) >= 11 is 0. The molecule has 1 aliphatic heterocycles. The monoisotopic (exact) mass is 369 g/mol. The van der Waals surface area contributed by atoms with Gasteiger partial charge in [-0.2, -0.15) is 5.10 Å². The van der Waals surface area contributed by atoms with E-state index in [9.17, 15) is 9.59 Å². The molecule has 0 radical (unpaired) electrons. The van der Waals surface area contributed by atoms with Crippen LogP contribution in [0.25, 0.3) is 5.69 Å². The summed E-state index contributed by atoms with van der Waals surface area (Å²) in [5.74, 6) is -0.720. The number of para-hydroxylation sites is 1. The molecule has 1 aromatic carbocycles. The van der Waals surface area contributed by atoms with Crippen molar-refractivity contribution in [2.24, 2.45) is 0 Å². The zero-order chi connectivity index (χ0) is 18.8. The Kier molecular flexibility index (Phi) is 4.94. The highest BCUT2D eigenvalue weighted by Crippen LogP contribution is 2.28. The molecule has 142 valence electrons. The maximum Gasteiger partial charge on any atom is 0.359 e. The third kappa shape index (κ3) is 3.47. The topological polar surface area (TPSA) is 73.7 Å². The van der Waals surface area contributed by atoms with Crippen LogP contribution in [0, 0.1) is 0 Å². The lowest BCUT2D eigenvalue weighted by atomic mass is 10.2. The van der Waals surface area contributed by atoms with Crippen molar-refractivity contribution in [2.45, 2.75) is 32.3 Å². The van der Waals surface area contributed by atoms with E-state index in [1.54, 1.807) is 11.8 Å². The first-order valence-electron chi connectivity index (χ1n) is 9.39. The Morgan fingerprint density at radius 1 is 1.15 bits per heavy atom. The molecular formula is C20H23N3O4. The second kappa shape index (κ2) is 7.52. The van der Waals surface area contributed by atoms with Crippen LogP contribution in [-0.2, 0) is 27.1 Å². The van der Waals surface area contributed by atoms with Crippen LogP contribution in [0.15, 0.2) is 30.3 Å². The van der Waals surface area contributed by atoms with E-state index in [4.69, 9.17) is 9.47 Å². The number of esters is 1. The molecular weight excluding hydrogens is 346 g/mol. The third-order valence-corrected chi connectivity index (χ3v) is 5.08. The van der Waals surface area contributed by atoms with Gasteiger partial charge < -0.3 is 14.4 Å². The molecule has 1 unspecified atom stereocenters. The van der Waals surface area contributed by atoms with Crippen LogP contribution in [0.2, 0.25) is 0 Å². The van der Waals surface area contributed by atoms with Crippen molar-refractivity contribution in [3.63, 3.8) is 0 Å². The Hall–Kier alpha value is -2.67. The minimum atomic E-state index is -0.838. The van der Waals surface area contributed by atoms with E-state index in [1.807, 2.05) is 35.0 Å². The number of benzene rings is 1. The second-order valence-corrected chi connectivity index (χ2v) is 6.86. The number of carbonyl (C=O) groups is 2. The number of hydrogen-bond donors (Lipinski definition) is 0. The number of fused-ring (bicyclic) bond motifs is 1. The Morgan fingerprint density at radius 3 is 2.63 bits per heavy atom. The summed E-state index contributed by atoms with van der Waals surface area (Å²) < 4.78 is 12.6. The number of morpholine rings is 1. The van der Waals surface area contributed by atoms with Gasteiger partial charge in [0.05, 0.1) is 18.9 Å². The maximum atomic E-state index is 12.8. The number of rotatable bonds is 4. The summed E-state index contributed by atoms with van der Waals surface area (Å²) in [7, 11) is 0. The molecule has 1 saturated heterocycles. The van der Waals surface area contributed by atoms with Crippen LogP contribution in [-0.4, -0.2) is 59.0 Å². The van der Waals surface area contributed by atoms with Crippen molar-refractivity contribution in [3.05, 3.63) is 47.3 Å². The van der Waals surface area contributed by atoms with E-state index in [1.165, 1.54) is 0 Å². The van der Waals surface area contributed by atoms with E-state index >= 15 is 0 Å². The van der Waals surface area contributed by atoms with E-state index in [0.717, 1.165) is 36.2 Å². The first-order chi connectivity index (χ1) is 13.1. The predicted octanol–water partition coefficient (Wildman–Crippen LogP) is 1.77. The van der Waals surface area contributed by atoms with E-state index in [0.29, 0.717) is 32.0 Å². The minimum Gasteiger partial charge on any atom is -0.448 e. The van der Waals surface area contributed by atoms with E-state index < -0.39 is 12.1 Å². The third-order valence-electron chi connectivity index (χ3n) is 5.08. The summed E-state index contributed by atoms with van der Waals surface area (Å²) in [6.45, 7) is 3.70. The molecule has 0 N–H and O–H groups in total. The quantitative estimate of drug-likeness (QED) is 0.768. The number of carbonyl (C=O) groups excluding carboxylic acids is 2. The Morgan fingerprint density at radius 2 is 1.89 bits per heavy atom. The van der Waals surface area contributed by atoms with Crippen molar-refractivity contribution in [2.75, 3.05) is 26.3 Å². The summed E-state index contributed by atoms with van der Waals surface area (Å²) in [4.78, 5) is 26.9. The molecule has 1 amide bonds. The van der Waals surface area contributed by atoms with E-state index in [2.05, 4.69) is 5.10 Å². The average molecular weight is 369 g/mol. The minimum absolute atomic E-state index is 0.189. The molecule has 0 spiro atoms. The van der Waals surface area contributed by atoms with Gasteiger partial charge in [0.2, 0.25) is 0 Å². The second-order valence-electron chi connectivity index (χ2n) is 6.86. The van der Waals surface area contributed by atoms with Gasteiger partial charge in [-0.3, -0.25) is 4.79 Å². The van der Waals surface area contributed by atoms with Crippen molar-refractivity contribution >= 4 is 11.9 Å². The van der Waals surface area contributed by atoms with Crippen molar-refractivity contribution < 1.29 is 19.1 Å². The van der Waals surface area contributed by atoms with Crippen molar-refractivity contribution in [3.8, 4) is 5.69 Å². The molecule has 1 atom stereocenters. The lowest BCUT2D eigenvalue weighted by molar-refractivity contribution is -0.143. The molecule has 7 heteroatoms. The molecule has 27 heavy (non-hydrogen) atoms. The summed E-state index contributed by atoms with van der Waals surface area (Å²) in [6.07, 6.45) is 1.84. The molecule has 7 nitrogen and oxygen atoms in total. The molecule has 4 rings (SSSR count). The fourth-order valence-electron chi connectivity index (χ4n) is 3.69. The fraction of sp³-hybridized carbons (Fsp3) is 0.450. The zero-order valence-corrected chi connectivity index (χ0v) is 15.4. The Balaban J connectivity index is 1.53. The number of ether oxygens (including phenoxy) is 2. The number of hydrogen-bond acceptors (Lipinski definition) is 5. The zero-order valence-electron chi connectivity index (χ0n) is 15.4. The smallest absolute Gasteiger partial charge is 0.359 e. The largest absolute Gasteiger partial charge is 0.448 e. The summed E-state index contributed by atoms with van der Waals surface area (Å²) in [5.41, 5.74) is 3.25. The van der Waals surface area contributed by atoms with Crippen LogP contribution >= 0.6 is 0 Å². The van der Waals surface area contributed by atoms with Gasteiger partial charge in [-0.15, -0.1) is 0 Å². The number of aromatic nitrogens is 2. The van der Waals surface area contributed by atoms with Gasteiger partial charge in [0.1, 0.15) is 0 Å². The lowest BCUT2D eigenvalue weighted by Crippen LogP contribution is -2.46. The van der Waals surface area contributed by atoms with Gasteiger partial charge in [-0.25, -0.2) is 9.48 Å². The van der Waals surface area contributed by atoms with Crippen LogP contribution in [0.3, 0.4) is 0 Å². The lowest BCUT2D eigenvalue weighted by Gasteiger charge is -2.28. The maximum absolute atomic E-state index is 12.8. The van der Waals surface area contributed by atoms with Gasteiger partial charge in [0.15, 0.2) is 11.8 Å². The molecule has 0 saturated carbocycles. The first-order valence-corrected chi connectivity index (χ1v) is 9.39. The highest BCUT2D eigenvalue weighted by atomic mass is 16.5. The van der Waals surface area contributed by atoms with Gasteiger partial charge in [-0.1, -0.05) is 18.2 Å². The Bertz CT molecular complexity index is 840. The first kappa shape index (κ1) is 17.7. The van der Waals surface area contributed by atoms with Crippen LogP contribution in [0.4, 0.5) is 0 Å². The van der Waals surface area contributed by atoms with Gasteiger partial charge in [-0.05, 0) is 38.3 Å². The van der Waals surface area contributed by atoms with Crippen molar-refractivity contribution in [1.29, 1.82) is 0 Å². The molecule has 2 aliphatic rings.